The summed E-state index contributed by atoms with van der Waals surface area (Å²) in [4.78, 5) is 16.5. The Bertz CT molecular complexity index is 957. The van der Waals surface area contributed by atoms with Crippen molar-refractivity contribution in [3.63, 3.8) is 0 Å². The molecule has 4 rings (SSSR count). The number of sulfone groups is 1. The molecule has 27 heavy (non-hydrogen) atoms. The molecule has 2 amide bonds. The number of nitrogens with one attached hydrogen (secondary N) is 2. The summed E-state index contributed by atoms with van der Waals surface area (Å²) in [5, 5.41) is 7.73. The van der Waals surface area contributed by atoms with E-state index in [-0.39, 0.29) is 23.5 Å². The molecular formula is C17H19N3O5S2. The highest BCUT2D eigenvalue weighted by Crippen LogP contribution is 2.35. The van der Waals surface area contributed by atoms with Gasteiger partial charge in [-0.2, -0.15) is 0 Å². The number of ether oxygens (including phenoxy) is 2. The Morgan fingerprint density at radius 2 is 2.07 bits per heavy atom. The van der Waals surface area contributed by atoms with Crippen LogP contribution < -0.4 is 20.1 Å². The maximum atomic E-state index is 12.0. The number of urea groups is 1. The van der Waals surface area contributed by atoms with Gasteiger partial charge in [0.15, 0.2) is 26.5 Å². The van der Waals surface area contributed by atoms with E-state index in [1.807, 2.05) is 23.6 Å². The lowest BCUT2D eigenvalue weighted by molar-refractivity contribution is 0.171. The Hall–Kier alpha value is -2.33. The van der Waals surface area contributed by atoms with Crippen molar-refractivity contribution in [3.05, 3.63) is 23.6 Å². The highest BCUT2D eigenvalue weighted by Gasteiger charge is 2.28. The van der Waals surface area contributed by atoms with Crippen molar-refractivity contribution in [1.29, 1.82) is 0 Å². The highest BCUT2D eigenvalue weighted by atomic mass is 32.2. The van der Waals surface area contributed by atoms with Crippen LogP contribution in [0.15, 0.2) is 23.6 Å². The van der Waals surface area contributed by atoms with Gasteiger partial charge in [0.1, 0.15) is 13.2 Å². The summed E-state index contributed by atoms with van der Waals surface area (Å²) in [5.41, 5.74) is 1.61. The van der Waals surface area contributed by atoms with E-state index >= 15 is 0 Å². The maximum Gasteiger partial charge on any atom is 0.321 e. The number of aromatic nitrogens is 1. The number of nitrogens with zero attached hydrogens (tertiary/aromatic N) is 1. The van der Waals surface area contributed by atoms with E-state index in [0.717, 1.165) is 11.3 Å². The normalized spacial score (nSPS) is 20.2. The minimum Gasteiger partial charge on any atom is -0.486 e. The molecule has 0 saturated carbocycles. The number of hydrogen-bond acceptors (Lipinski definition) is 7. The first-order chi connectivity index (χ1) is 13.0. The molecule has 1 atom stereocenters. The zero-order valence-corrected chi connectivity index (χ0v) is 16.1. The Balaban J connectivity index is 1.34. The van der Waals surface area contributed by atoms with E-state index in [1.54, 1.807) is 0 Å². The Morgan fingerprint density at radius 1 is 1.26 bits per heavy atom. The van der Waals surface area contributed by atoms with Crippen molar-refractivity contribution in [2.24, 2.45) is 5.92 Å². The van der Waals surface area contributed by atoms with Crippen LogP contribution in [0.1, 0.15) is 6.42 Å². The molecule has 10 heteroatoms. The molecule has 0 unspecified atom stereocenters. The molecule has 1 saturated heterocycles. The molecule has 8 nitrogen and oxygen atoms in total. The molecule has 2 aliphatic heterocycles. The number of thiazole rings is 1. The lowest BCUT2D eigenvalue weighted by atomic mass is 10.1. The van der Waals surface area contributed by atoms with E-state index in [4.69, 9.17) is 9.47 Å². The van der Waals surface area contributed by atoms with E-state index in [9.17, 15) is 13.2 Å². The second-order valence-corrected chi connectivity index (χ2v) is 9.59. The molecule has 2 aliphatic rings. The Kier molecular flexibility index (Phi) is 4.92. The number of carbonyl (C=O) groups excluding carboxylic acids is 1. The molecule has 1 aromatic heterocycles. The topological polar surface area (TPSA) is 107 Å². The lowest BCUT2D eigenvalue weighted by Crippen LogP contribution is -2.33. The van der Waals surface area contributed by atoms with E-state index in [0.29, 0.717) is 42.8 Å². The number of fused-ring (bicyclic) bond motifs is 1. The first-order valence-corrected chi connectivity index (χ1v) is 11.3. The lowest BCUT2D eigenvalue weighted by Gasteiger charge is -2.18. The third-order valence-corrected chi connectivity index (χ3v) is 7.04. The molecule has 1 fully saturated rings. The first-order valence-electron chi connectivity index (χ1n) is 8.59. The van der Waals surface area contributed by atoms with Gasteiger partial charge in [-0.1, -0.05) is 0 Å². The fourth-order valence-corrected chi connectivity index (χ4v) is 5.65. The SMILES string of the molecule is O=C(NC[C@@H]1CCS(=O)(=O)C1)Nc1nc(-c2ccc3c(c2)OCCO3)cs1. The highest BCUT2D eigenvalue weighted by molar-refractivity contribution is 7.91. The van der Waals surface area contributed by atoms with Crippen molar-refractivity contribution >= 4 is 32.3 Å². The third-order valence-electron chi connectivity index (χ3n) is 4.44. The fourth-order valence-electron chi connectivity index (χ4n) is 3.08. The summed E-state index contributed by atoms with van der Waals surface area (Å²) in [7, 11) is -2.94. The molecule has 0 aliphatic carbocycles. The van der Waals surface area contributed by atoms with Crippen molar-refractivity contribution in [2.45, 2.75) is 6.42 Å². The van der Waals surface area contributed by atoms with Gasteiger partial charge in [0.25, 0.3) is 0 Å². The monoisotopic (exact) mass is 409 g/mol. The minimum atomic E-state index is -2.94. The van der Waals surface area contributed by atoms with Crippen LogP contribution in [0.4, 0.5) is 9.93 Å². The summed E-state index contributed by atoms with van der Waals surface area (Å²) in [5.74, 6) is 1.72. The number of carbonyl (C=O) groups is 1. The maximum absolute atomic E-state index is 12.0. The van der Waals surface area contributed by atoms with Crippen LogP contribution in [0.5, 0.6) is 11.5 Å². The van der Waals surface area contributed by atoms with Gasteiger partial charge in [0, 0.05) is 17.5 Å². The summed E-state index contributed by atoms with van der Waals surface area (Å²) in [6.45, 7) is 1.40. The quantitative estimate of drug-likeness (QED) is 0.801. The van der Waals surface area contributed by atoms with Crippen LogP contribution >= 0.6 is 11.3 Å². The number of amides is 2. The molecule has 3 heterocycles. The zero-order valence-electron chi connectivity index (χ0n) is 14.4. The summed E-state index contributed by atoms with van der Waals surface area (Å²) < 4.78 is 34.0. The predicted molar refractivity (Wildman–Crippen MR) is 102 cm³/mol. The fraction of sp³-hybridized carbons (Fsp3) is 0.412. The van der Waals surface area contributed by atoms with Crippen LogP contribution in [-0.2, 0) is 9.84 Å². The Labute approximate surface area is 160 Å². The van der Waals surface area contributed by atoms with Gasteiger partial charge in [-0.25, -0.2) is 18.2 Å². The molecule has 0 spiro atoms. The molecule has 2 N–H and O–H groups in total. The van der Waals surface area contributed by atoms with Crippen molar-refractivity contribution in [3.8, 4) is 22.8 Å². The number of anilines is 1. The zero-order chi connectivity index (χ0) is 18.9. The van der Waals surface area contributed by atoms with Gasteiger partial charge in [0.05, 0.1) is 17.2 Å². The van der Waals surface area contributed by atoms with E-state index < -0.39 is 9.84 Å². The van der Waals surface area contributed by atoms with Crippen LogP contribution in [-0.4, -0.2) is 50.7 Å². The molecular weight excluding hydrogens is 390 g/mol. The second-order valence-electron chi connectivity index (χ2n) is 6.50. The van der Waals surface area contributed by atoms with Crippen LogP contribution in [0.25, 0.3) is 11.3 Å². The van der Waals surface area contributed by atoms with Crippen molar-refractivity contribution in [1.82, 2.24) is 10.3 Å². The van der Waals surface area contributed by atoms with E-state index in [2.05, 4.69) is 15.6 Å². The Morgan fingerprint density at radius 3 is 2.85 bits per heavy atom. The summed E-state index contributed by atoms with van der Waals surface area (Å²) in [6.07, 6.45) is 0.591. The molecule has 1 aromatic carbocycles. The van der Waals surface area contributed by atoms with Gasteiger partial charge < -0.3 is 14.8 Å². The van der Waals surface area contributed by atoms with E-state index in [1.165, 1.54) is 11.3 Å². The van der Waals surface area contributed by atoms with Gasteiger partial charge in [-0.3, -0.25) is 5.32 Å². The van der Waals surface area contributed by atoms with Crippen LogP contribution in [0.2, 0.25) is 0 Å². The third kappa shape index (κ3) is 4.33. The predicted octanol–water partition coefficient (Wildman–Crippen LogP) is 2.14. The summed E-state index contributed by atoms with van der Waals surface area (Å²) >= 11 is 1.32. The first kappa shape index (κ1) is 18.1. The van der Waals surface area contributed by atoms with Gasteiger partial charge in [-0.15, -0.1) is 11.3 Å². The van der Waals surface area contributed by atoms with Gasteiger partial charge >= 0.3 is 6.03 Å². The van der Waals surface area contributed by atoms with Crippen LogP contribution in [0, 0.1) is 5.92 Å². The summed E-state index contributed by atoms with van der Waals surface area (Å²) in [6, 6.07) is 5.22. The molecule has 0 radical (unpaired) electrons. The smallest absolute Gasteiger partial charge is 0.321 e. The number of hydrogen-bond donors (Lipinski definition) is 2. The molecule has 2 aromatic rings. The van der Waals surface area contributed by atoms with Gasteiger partial charge in [-0.05, 0) is 30.5 Å². The average Bonchev–Trinajstić information content (AvgIpc) is 3.25. The molecule has 0 bridgehead atoms. The van der Waals surface area contributed by atoms with Gasteiger partial charge in [0.2, 0.25) is 0 Å². The number of rotatable bonds is 4. The molecule has 144 valence electrons. The largest absolute Gasteiger partial charge is 0.486 e. The second kappa shape index (κ2) is 7.35. The van der Waals surface area contributed by atoms with Crippen molar-refractivity contribution in [2.75, 3.05) is 36.6 Å². The number of benzene rings is 1. The minimum absolute atomic E-state index is 0.0229. The average molecular weight is 409 g/mol. The van der Waals surface area contributed by atoms with Crippen molar-refractivity contribution < 1.29 is 22.7 Å². The standard InChI is InChI=1S/C17H19N3O5S2/c21-16(18-8-11-3-6-27(22,23)10-11)20-17-19-13(9-26-17)12-1-2-14-15(7-12)25-5-4-24-14/h1-2,7,9,11H,3-6,8,10H2,(H2,18,19,20,21)/t11-/m0/s1. The van der Waals surface area contributed by atoms with Crippen LogP contribution in [0.3, 0.4) is 0 Å².